The maximum absolute atomic E-state index is 12.5. The zero-order valence-corrected chi connectivity index (χ0v) is 14.1. The molecule has 128 valence electrons. The van der Waals surface area contributed by atoms with Gasteiger partial charge in [-0.2, -0.15) is 0 Å². The van der Waals surface area contributed by atoms with Crippen molar-refractivity contribution in [1.82, 2.24) is 20.2 Å². The van der Waals surface area contributed by atoms with Crippen LogP contribution in [-0.4, -0.2) is 41.2 Å². The van der Waals surface area contributed by atoms with Gasteiger partial charge in [0.1, 0.15) is 23.9 Å². The van der Waals surface area contributed by atoms with E-state index in [1.165, 1.54) is 0 Å². The lowest BCUT2D eigenvalue weighted by atomic mass is 10.0. The maximum Gasteiger partial charge on any atom is 0.271 e. The molecule has 0 bridgehead atoms. The molecule has 4 rings (SSSR count). The third-order valence-electron chi connectivity index (χ3n) is 4.36. The summed E-state index contributed by atoms with van der Waals surface area (Å²) in [4.78, 5) is 17.0. The van der Waals surface area contributed by atoms with Crippen LogP contribution < -0.4 is 15.4 Å². The Balaban J connectivity index is 0.00000169. The number of halogens is 1. The molecular formula is C17H21ClN4O2. The van der Waals surface area contributed by atoms with Crippen LogP contribution in [-0.2, 0) is 19.4 Å². The minimum atomic E-state index is -0.119. The van der Waals surface area contributed by atoms with Crippen LogP contribution in [0.5, 0.6) is 5.75 Å². The highest BCUT2D eigenvalue weighted by Crippen LogP contribution is 2.24. The van der Waals surface area contributed by atoms with E-state index in [1.54, 1.807) is 0 Å². The second-order valence-corrected chi connectivity index (χ2v) is 6.03. The number of carbonyl (C=O) groups is 1. The largest absolute Gasteiger partial charge is 0.491 e. The van der Waals surface area contributed by atoms with E-state index >= 15 is 0 Å². The number of rotatable bonds is 2. The van der Waals surface area contributed by atoms with E-state index in [-0.39, 0.29) is 24.4 Å². The van der Waals surface area contributed by atoms with Crippen molar-refractivity contribution in [1.29, 1.82) is 0 Å². The van der Waals surface area contributed by atoms with Crippen molar-refractivity contribution in [3.05, 3.63) is 47.5 Å². The number of nitrogens with one attached hydrogen (secondary N) is 2. The van der Waals surface area contributed by atoms with Crippen LogP contribution in [0.25, 0.3) is 0 Å². The number of carbonyl (C=O) groups excluding carboxylic acids is 1. The predicted molar refractivity (Wildman–Crippen MR) is 92.9 cm³/mol. The van der Waals surface area contributed by atoms with Gasteiger partial charge in [-0.3, -0.25) is 4.79 Å². The van der Waals surface area contributed by atoms with Crippen LogP contribution in [0.3, 0.4) is 0 Å². The molecule has 1 unspecified atom stereocenters. The first-order chi connectivity index (χ1) is 11.3. The minimum absolute atomic E-state index is 0. The van der Waals surface area contributed by atoms with Crippen LogP contribution in [0.15, 0.2) is 30.5 Å². The number of benzene rings is 1. The Labute approximate surface area is 147 Å². The lowest BCUT2D eigenvalue weighted by Gasteiger charge is -2.25. The molecule has 0 saturated carbocycles. The van der Waals surface area contributed by atoms with Gasteiger partial charge >= 0.3 is 0 Å². The number of hydrogen-bond acceptors (Lipinski definition) is 4. The van der Waals surface area contributed by atoms with Gasteiger partial charge in [-0.15, -0.1) is 12.4 Å². The molecule has 24 heavy (non-hydrogen) atoms. The number of fused-ring (bicyclic) bond motifs is 2. The molecule has 0 radical (unpaired) electrons. The third kappa shape index (κ3) is 3.39. The summed E-state index contributed by atoms with van der Waals surface area (Å²) in [5.41, 5.74) is 1.64. The number of aromatic nitrogens is 2. The van der Waals surface area contributed by atoms with E-state index in [9.17, 15) is 4.79 Å². The molecule has 0 aliphatic carbocycles. The molecule has 3 heterocycles. The average molecular weight is 349 g/mol. The summed E-state index contributed by atoms with van der Waals surface area (Å²) < 4.78 is 7.79. The Hall–Kier alpha value is -2.05. The van der Waals surface area contributed by atoms with Crippen molar-refractivity contribution in [2.75, 3.05) is 19.7 Å². The lowest BCUT2D eigenvalue weighted by molar-refractivity contribution is 0.0910. The summed E-state index contributed by atoms with van der Waals surface area (Å²) in [5, 5.41) is 6.37. The Morgan fingerprint density at radius 1 is 1.33 bits per heavy atom. The van der Waals surface area contributed by atoms with Crippen molar-refractivity contribution < 1.29 is 9.53 Å². The van der Waals surface area contributed by atoms with Crippen molar-refractivity contribution in [3.63, 3.8) is 0 Å². The fourth-order valence-electron chi connectivity index (χ4n) is 3.16. The van der Waals surface area contributed by atoms with E-state index in [4.69, 9.17) is 4.74 Å². The second kappa shape index (κ2) is 7.23. The van der Waals surface area contributed by atoms with Gasteiger partial charge in [0.25, 0.3) is 5.91 Å². The molecule has 0 saturated heterocycles. The molecule has 1 amide bonds. The fourth-order valence-corrected chi connectivity index (χ4v) is 3.16. The Bertz CT molecular complexity index is 708. The standard InChI is InChI=1S/C17H20N4O2.ClH/c22-17(14-10-21-8-7-18-6-5-16(21)20-14)19-13-9-12-3-1-2-4-15(12)23-11-13;/h1-4,10,13,18H,5-9,11H2,(H,19,22);1H. The molecule has 7 heteroatoms. The van der Waals surface area contributed by atoms with E-state index in [0.29, 0.717) is 12.3 Å². The normalized spacial score (nSPS) is 19.1. The zero-order valence-electron chi connectivity index (χ0n) is 13.3. The second-order valence-electron chi connectivity index (χ2n) is 6.03. The molecule has 0 fully saturated rings. The van der Waals surface area contributed by atoms with Crippen LogP contribution in [0.4, 0.5) is 0 Å². The van der Waals surface area contributed by atoms with Gasteiger partial charge in [0.05, 0.1) is 6.04 Å². The van der Waals surface area contributed by atoms with Crippen molar-refractivity contribution in [3.8, 4) is 5.75 Å². The average Bonchev–Trinajstić information content (AvgIpc) is 2.86. The Kier molecular flexibility index (Phi) is 5.06. The summed E-state index contributed by atoms with van der Waals surface area (Å²) >= 11 is 0. The topological polar surface area (TPSA) is 68.2 Å². The fraction of sp³-hybridized carbons (Fsp3) is 0.412. The van der Waals surface area contributed by atoms with Gasteiger partial charge in [-0.25, -0.2) is 4.98 Å². The van der Waals surface area contributed by atoms with Gasteiger partial charge in [-0.1, -0.05) is 18.2 Å². The SMILES string of the molecule is Cl.O=C(NC1COc2ccccc2C1)c1cn2c(n1)CCNCC2. The number of para-hydroxylation sites is 1. The third-order valence-corrected chi connectivity index (χ3v) is 4.36. The first kappa shape index (κ1) is 16.8. The summed E-state index contributed by atoms with van der Waals surface area (Å²) in [6.45, 7) is 3.18. The predicted octanol–water partition coefficient (Wildman–Crippen LogP) is 1.18. The summed E-state index contributed by atoms with van der Waals surface area (Å²) in [5.74, 6) is 1.77. The van der Waals surface area contributed by atoms with E-state index in [2.05, 4.69) is 20.2 Å². The van der Waals surface area contributed by atoms with Gasteiger partial charge in [0.2, 0.25) is 0 Å². The van der Waals surface area contributed by atoms with E-state index in [1.807, 2.05) is 30.5 Å². The molecule has 0 spiro atoms. The quantitative estimate of drug-likeness (QED) is 0.855. The van der Waals surface area contributed by atoms with Crippen LogP contribution in [0.1, 0.15) is 21.9 Å². The Morgan fingerprint density at radius 2 is 2.21 bits per heavy atom. The summed E-state index contributed by atoms with van der Waals surface area (Å²) in [6, 6.07) is 7.95. The molecular weight excluding hydrogens is 328 g/mol. The first-order valence-electron chi connectivity index (χ1n) is 8.08. The van der Waals surface area contributed by atoms with Crippen LogP contribution in [0.2, 0.25) is 0 Å². The van der Waals surface area contributed by atoms with Crippen molar-refractivity contribution in [2.24, 2.45) is 0 Å². The molecule has 6 nitrogen and oxygen atoms in total. The summed E-state index contributed by atoms with van der Waals surface area (Å²) in [7, 11) is 0. The van der Waals surface area contributed by atoms with Crippen LogP contribution >= 0.6 is 12.4 Å². The molecule has 2 aliphatic rings. The molecule has 2 aromatic rings. The van der Waals surface area contributed by atoms with Crippen LogP contribution in [0, 0.1) is 0 Å². The molecule has 2 N–H and O–H groups in total. The zero-order chi connectivity index (χ0) is 15.6. The highest BCUT2D eigenvalue weighted by molar-refractivity contribution is 5.92. The molecule has 1 aromatic carbocycles. The molecule has 1 atom stereocenters. The maximum atomic E-state index is 12.5. The van der Waals surface area contributed by atoms with Gasteiger partial charge < -0.3 is 19.9 Å². The smallest absolute Gasteiger partial charge is 0.271 e. The van der Waals surface area contributed by atoms with E-state index in [0.717, 1.165) is 49.6 Å². The number of hydrogen-bond donors (Lipinski definition) is 2. The number of amides is 1. The van der Waals surface area contributed by atoms with Crippen molar-refractivity contribution >= 4 is 18.3 Å². The highest BCUT2D eigenvalue weighted by atomic mass is 35.5. The van der Waals surface area contributed by atoms with Gasteiger partial charge in [0, 0.05) is 32.3 Å². The van der Waals surface area contributed by atoms with Crippen molar-refractivity contribution in [2.45, 2.75) is 25.4 Å². The molecule has 1 aromatic heterocycles. The van der Waals surface area contributed by atoms with E-state index < -0.39 is 0 Å². The monoisotopic (exact) mass is 348 g/mol. The molecule has 2 aliphatic heterocycles. The number of ether oxygens (including phenoxy) is 1. The minimum Gasteiger partial charge on any atom is -0.491 e. The van der Waals surface area contributed by atoms with Gasteiger partial charge in [-0.05, 0) is 18.1 Å². The number of imidazole rings is 1. The lowest BCUT2D eigenvalue weighted by Crippen LogP contribution is -2.42. The first-order valence-corrected chi connectivity index (χ1v) is 8.08. The van der Waals surface area contributed by atoms with Gasteiger partial charge in [0.15, 0.2) is 0 Å². The summed E-state index contributed by atoms with van der Waals surface area (Å²) in [6.07, 6.45) is 3.50. The Morgan fingerprint density at radius 3 is 3.12 bits per heavy atom. The number of nitrogens with zero attached hydrogens (tertiary/aromatic N) is 2. The highest BCUT2D eigenvalue weighted by Gasteiger charge is 2.23.